The Balaban J connectivity index is 2.07. The predicted molar refractivity (Wildman–Crippen MR) is 60.5 cm³/mol. The number of aromatic nitrogens is 2. The molecule has 0 amide bonds. The number of methoxy groups -OCH3 is 1. The van der Waals surface area contributed by atoms with Crippen LogP contribution < -0.4 is 9.47 Å². The quantitative estimate of drug-likeness (QED) is 0.787. The van der Waals surface area contributed by atoms with Crippen molar-refractivity contribution in [1.82, 2.24) is 9.55 Å². The number of hydrogen-bond donors (Lipinski definition) is 0. The number of nitrogens with zero attached hydrogens (tertiary/aromatic N) is 2. The SMILES string of the molecule is COc1ccccc1OCc1cncn1C. The molecule has 84 valence electrons. The van der Waals surface area contributed by atoms with Gasteiger partial charge in [-0.1, -0.05) is 12.1 Å². The largest absolute Gasteiger partial charge is 0.493 e. The molecular weight excluding hydrogens is 204 g/mol. The third kappa shape index (κ3) is 2.16. The molecule has 0 saturated heterocycles. The van der Waals surface area contributed by atoms with E-state index in [-0.39, 0.29) is 0 Å². The molecule has 16 heavy (non-hydrogen) atoms. The van der Waals surface area contributed by atoms with Crippen molar-refractivity contribution in [3.8, 4) is 11.5 Å². The lowest BCUT2D eigenvalue weighted by Crippen LogP contribution is -2.02. The van der Waals surface area contributed by atoms with E-state index in [2.05, 4.69) is 4.98 Å². The molecule has 0 bridgehead atoms. The summed E-state index contributed by atoms with van der Waals surface area (Å²) in [4.78, 5) is 4.03. The maximum atomic E-state index is 5.67. The van der Waals surface area contributed by atoms with Crippen LogP contribution in [0.15, 0.2) is 36.8 Å². The number of benzene rings is 1. The van der Waals surface area contributed by atoms with E-state index in [1.165, 1.54) is 0 Å². The van der Waals surface area contributed by atoms with Gasteiger partial charge in [0.2, 0.25) is 0 Å². The van der Waals surface area contributed by atoms with Crippen LogP contribution in [0.3, 0.4) is 0 Å². The van der Waals surface area contributed by atoms with E-state index in [0.717, 1.165) is 17.2 Å². The fraction of sp³-hybridized carbons (Fsp3) is 0.250. The van der Waals surface area contributed by atoms with Crippen LogP contribution >= 0.6 is 0 Å². The molecule has 1 aromatic carbocycles. The normalized spacial score (nSPS) is 10.1. The average molecular weight is 218 g/mol. The van der Waals surface area contributed by atoms with Crippen LogP contribution in [0.25, 0.3) is 0 Å². The van der Waals surface area contributed by atoms with Gasteiger partial charge in [-0.3, -0.25) is 0 Å². The van der Waals surface area contributed by atoms with Crippen molar-refractivity contribution in [2.75, 3.05) is 7.11 Å². The van der Waals surface area contributed by atoms with Gasteiger partial charge in [0, 0.05) is 7.05 Å². The maximum Gasteiger partial charge on any atom is 0.161 e. The van der Waals surface area contributed by atoms with E-state index < -0.39 is 0 Å². The number of ether oxygens (including phenoxy) is 2. The van der Waals surface area contributed by atoms with Gasteiger partial charge in [0.1, 0.15) is 6.61 Å². The van der Waals surface area contributed by atoms with Crippen molar-refractivity contribution in [2.24, 2.45) is 7.05 Å². The standard InChI is InChI=1S/C12H14N2O2/c1-14-9-13-7-10(14)8-16-12-6-4-3-5-11(12)15-2/h3-7,9H,8H2,1-2H3. The van der Waals surface area contributed by atoms with E-state index in [9.17, 15) is 0 Å². The summed E-state index contributed by atoms with van der Waals surface area (Å²) in [5.74, 6) is 1.48. The number of para-hydroxylation sites is 2. The van der Waals surface area contributed by atoms with Crippen LogP contribution in [0.4, 0.5) is 0 Å². The summed E-state index contributed by atoms with van der Waals surface area (Å²) in [6.07, 6.45) is 3.54. The summed E-state index contributed by atoms with van der Waals surface area (Å²) in [5, 5.41) is 0. The van der Waals surface area contributed by atoms with Gasteiger partial charge in [-0.2, -0.15) is 0 Å². The number of aryl methyl sites for hydroxylation is 1. The first-order chi connectivity index (χ1) is 7.81. The third-order valence-corrected chi connectivity index (χ3v) is 2.36. The molecule has 0 radical (unpaired) electrons. The Morgan fingerprint density at radius 1 is 1.25 bits per heavy atom. The monoisotopic (exact) mass is 218 g/mol. The Labute approximate surface area is 94.4 Å². The second kappa shape index (κ2) is 4.70. The fourth-order valence-electron chi connectivity index (χ4n) is 1.41. The molecule has 1 heterocycles. The molecule has 0 spiro atoms. The Morgan fingerprint density at radius 2 is 2.00 bits per heavy atom. The highest BCUT2D eigenvalue weighted by molar-refractivity contribution is 5.39. The Hall–Kier alpha value is -1.97. The van der Waals surface area contributed by atoms with Gasteiger partial charge >= 0.3 is 0 Å². The van der Waals surface area contributed by atoms with E-state index in [1.54, 1.807) is 19.6 Å². The van der Waals surface area contributed by atoms with Crippen LogP contribution in [0.5, 0.6) is 11.5 Å². The number of imidazole rings is 1. The minimum atomic E-state index is 0.483. The van der Waals surface area contributed by atoms with Gasteiger partial charge in [0.25, 0.3) is 0 Å². The van der Waals surface area contributed by atoms with Gasteiger partial charge in [-0.15, -0.1) is 0 Å². The molecule has 0 saturated carbocycles. The minimum Gasteiger partial charge on any atom is -0.493 e. The predicted octanol–water partition coefficient (Wildman–Crippen LogP) is 2.01. The highest BCUT2D eigenvalue weighted by atomic mass is 16.5. The molecule has 0 atom stereocenters. The molecule has 1 aromatic heterocycles. The third-order valence-electron chi connectivity index (χ3n) is 2.36. The molecule has 0 N–H and O–H groups in total. The lowest BCUT2D eigenvalue weighted by atomic mass is 10.3. The van der Waals surface area contributed by atoms with Crippen LogP contribution in [0.2, 0.25) is 0 Å². The molecular formula is C12H14N2O2. The van der Waals surface area contributed by atoms with Crippen molar-refractivity contribution in [2.45, 2.75) is 6.61 Å². The van der Waals surface area contributed by atoms with Crippen molar-refractivity contribution < 1.29 is 9.47 Å². The van der Waals surface area contributed by atoms with Gasteiger partial charge in [0.05, 0.1) is 25.3 Å². The van der Waals surface area contributed by atoms with Crippen molar-refractivity contribution >= 4 is 0 Å². The van der Waals surface area contributed by atoms with Gasteiger partial charge in [-0.25, -0.2) is 4.98 Å². The summed E-state index contributed by atoms with van der Waals surface area (Å²) < 4.78 is 12.8. The highest BCUT2D eigenvalue weighted by Crippen LogP contribution is 2.26. The molecule has 0 fully saturated rings. The summed E-state index contributed by atoms with van der Waals surface area (Å²) in [7, 11) is 3.57. The molecule has 2 aromatic rings. The first-order valence-corrected chi connectivity index (χ1v) is 5.02. The summed E-state index contributed by atoms with van der Waals surface area (Å²) >= 11 is 0. The van der Waals surface area contributed by atoms with Crippen molar-refractivity contribution in [3.05, 3.63) is 42.5 Å². The first-order valence-electron chi connectivity index (χ1n) is 5.02. The highest BCUT2D eigenvalue weighted by Gasteiger charge is 2.04. The minimum absolute atomic E-state index is 0.483. The summed E-state index contributed by atoms with van der Waals surface area (Å²) in [5.41, 5.74) is 1.02. The van der Waals surface area contributed by atoms with Crippen molar-refractivity contribution in [3.63, 3.8) is 0 Å². The smallest absolute Gasteiger partial charge is 0.161 e. The zero-order chi connectivity index (χ0) is 11.4. The van der Waals surface area contributed by atoms with E-state index >= 15 is 0 Å². The van der Waals surface area contributed by atoms with Gasteiger partial charge < -0.3 is 14.0 Å². The van der Waals surface area contributed by atoms with Crippen LogP contribution in [0, 0.1) is 0 Å². The molecule has 0 unspecified atom stereocenters. The molecule has 0 aliphatic heterocycles. The zero-order valence-corrected chi connectivity index (χ0v) is 9.38. The Morgan fingerprint density at radius 3 is 2.62 bits per heavy atom. The molecule has 4 nitrogen and oxygen atoms in total. The van der Waals surface area contributed by atoms with Crippen LogP contribution in [0.1, 0.15) is 5.69 Å². The van der Waals surface area contributed by atoms with E-state index in [4.69, 9.17) is 9.47 Å². The molecule has 0 aliphatic rings. The fourth-order valence-corrected chi connectivity index (χ4v) is 1.41. The number of rotatable bonds is 4. The summed E-state index contributed by atoms with van der Waals surface area (Å²) in [6, 6.07) is 7.59. The lowest BCUT2D eigenvalue weighted by Gasteiger charge is -2.10. The zero-order valence-electron chi connectivity index (χ0n) is 9.38. The topological polar surface area (TPSA) is 36.3 Å². The van der Waals surface area contributed by atoms with Gasteiger partial charge in [0.15, 0.2) is 11.5 Å². The van der Waals surface area contributed by atoms with E-state index in [0.29, 0.717) is 6.61 Å². The van der Waals surface area contributed by atoms with Crippen LogP contribution in [-0.2, 0) is 13.7 Å². The molecule has 2 rings (SSSR count). The lowest BCUT2D eigenvalue weighted by molar-refractivity contribution is 0.277. The summed E-state index contributed by atoms with van der Waals surface area (Å²) in [6.45, 7) is 0.483. The van der Waals surface area contributed by atoms with Gasteiger partial charge in [-0.05, 0) is 12.1 Å². The van der Waals surface area contributed by atoms with Crippen LogP contribution in [-0.4, -0.2) is 16.7 Å². The maximum absolute atomic E-state index is 5.67. The second-order valence-corrected chi connectivity index (χ2v) is 3.44. The molecule has 4 heteroatoms. The van der Waals surface area contributed by atoms with Crippen molar-refractivity contribution in [1.29, 1.82) is 0 Å². The number of hydrogen-bond acceptors (Lipinski definition) is 3. The Kier molecular flexibility index (Phi) is 3.10. The molecule has 0 aliphatic carbocycles. The Bertz CT molecular complexity index is 466. The second-order valence-electron chi connectivity index (χ2n) is 3.44. The van der Waals surface area contributed by atoms with E-state index in [1.807, 2.05) is 35.9 Å². The first kappa shape index (κ1) is 10.5. The average Bonchev–Trinajstić information content (AvgIpc) is 2.72.